The Bertz CT molecular complexity index is 1470. The number of nitrogens with two attached hydrogens (primary N) is 13. The summed E-state index contributed by atoms with van der Waals surface area (Å²) in [6.07, 6.45) is 48.0. The highest BCUT2D eigenvalue weighted by molar-refractivity contribution is 4.94. The van der Waals surface area contributed by atoms with Gasteiger partial charge in [0.1, 0.15) is 0 Å². The predicted octanol–water partition coefficient (Wildman–Crippen LogP) is 12.6. The quantitative estimate of drug-likeness (QED) is 0.0714. The van der Waals surface area contributed by atoms with Crippen LogP contribution in [0.15, 0.2) is 0 Å². The summed E-state index contributed by atoms with van der Waals surface area (Å²) in [4.78, 5) is 0. The number of hydrogen-bond acceptors (Lipinski definition) is 16. The van der Waals surface area contributed by atoms with Gasteiger partial charge >= 0.3 is 0 Å². The average Bonchev–Trinajstić information content (AvgIpc) is 1.13. The summed E-state index contributed by atoms with van der Waals surface area (Å²) < 4.78 is 15.3. The zero-order chi connectivity index (χ0) is 68.6. The Morgan fingerprint density at radius 2 is 0.867 bits per heavy atom. The standard InChI is InChI=1S/C15H30N2.2C10H22N2.C7H15N.C6H15NO2.3C6H13N.C5H11NO.C2H6.CH5N/c1-10-7-12(3-5-14(10)16)9-13-4-6-15(17)11(2)8-13;1-9(2)4-8(12)5-10(3,6-9)7-11;1-9(2,11)8-4-6-10(3,12)7-5-8;8-7-5-3-1-2-4-6-7;1-3-8-6(5-7)9-4-2;3*7-6-4-2-1-3-5-6;6-4-5-2-1-3-7-5;2*1-2/h10-15H,3-9,16-17H2,1-2H3;2*8H,4-7,11-12H2,1-3H3;7H,1-6,8H2;6H,3-5,7H2,1-2H3;3*6H,1-5,7H2;5H,1-4,6H2;1-2H3;2H2,1H3. The van der Waals surface area contributed by atoms with Crippen molar-refractivity contribution in [1.82, 2.24) is 0 Å². The summed E-state index contributed by atoms with van der Waals surface area (Å²) in [6.45, 7) is 29.8. The highest BCUT2D eigenvalue weighted by Gasteiger charge is 2.39. The minimum Gasteiger partial charge on any atom is -0.377 e. The fourth-order valence-corrected chi connectivity index (χ4v) is 15.0. The summed E-state index contributed by atoms with van der Waals surface area (Å²) in [5.74, 6) is 4.01. The van der Waals surface area contributed by atoms with Crippen LogP contribution in [0.4, 0.5) is 0 Å². The Hall–Kier alpha value is -0.640. The van der Waals surface area contributed by atoms with Gasteiger partial charge in [0.25, 0.3) is 0 Å². The SMILES string of the molecule is CC.CC1(C)CC(N)CC(C)(CN)C1.CC1(N)CCC(C(C)(C)N)CC1.CC1CC(CC2CCC(N)C(C)C2)CCC1N.CCOC(CN)OCC.CN.NC1CCCCC1.NC1CCCCC1.NC1CCCCC1.NC1CCCCCC1.NCC1CCCO1. The van der Waals surface area contributed by atoms with E-state index in [0.717, 1.165) is 68.9 Å². The van der Waals surface area contributed by atoms with Crippen LogP contribution in [-0.2, 0) is 14.2 Å². The van der Waals surface area contributed by atoms with Crippen molar-refractivity contribution >= 4 is 0 Å². The van der Waals surface area contributed by atoms with Gasteiger partial charge in [-0.05, 0) is 243 Å². The molecule has 0 amide bonds. The van der Waals surface area contributed by atoms with Crippen molar-refractivity contribution in [2.75, 3.05) is 46.5 Å². The molecule has 16 heteroatoms. The van der Waals surface area contributed by atoms with Crippen LogP contribution in [0.3, 0.4) is 0 Å². The Morgan fingerprint density at radius 1 is 0.500 bits per heavy atom. The summed E-state index contributed by atoms with van der Waals surface area (Å²) in [5, 5.41) is 0. The van der Waals surface area contributed by atoms with E-state index in [1.54, 1.807) is 0 Å². The maximum absolute atomic E-state index is 6.10. The minimum absolute atomic E-state index is 0.0174. The molecule has 9 unspecified atom stereocenters. The van der Waals surface area contributed by atoms with E-state index in [1.165, 1.54) is 213 Å². The molecule has 8 aliphatic carbocycles. The maximum atomic E-state index is 6.10. The van der Waals surface area contributed by atoms with E-state index in [-0.39, 0.29) is 22.8 Å². The molecule has 9 fully saturated rings. The van der Waals surface area contributed by atoms with Crippen LogP contribution < -0.4 is 74.5 Å². The van der Waals surface area contributed by atoms with Crippen LogP contribution in [0.1, 0.15) is 321 Å². The third kappa shape index (κ3) is 48.1. The second kappa shape index (κ2) is 54.4. The summed E-state index contributed by atoms with van der Waals surface area (Å²) in [6, 6.07) is 3.41. The summed E-state index contributed by atoms with van der Waals surface area (Å²) in [7, 11) is 1.50. The van der Waals surface area contributed by atoms with Crippen LogP contribution in [-0.4, -0.2) is 112 Å². The minimum atomic E-state index is -0.208. The molecule has 8 saturated carbocycles. The lowest BCUT2D eigenvalue weighted by Crippen LogP contribution is -2.48. The lowest BCUT2D eigenvalue weighted by Gasteiger charge is -2.45. The molecule has 1 aliphatic heterocycles. The second-order valence-corrected chi connectivity index (χ2v) is 31.0. The van der Waals surface area contributed by atoms with Gasteiger partial charge in [-0.3, -0.25) is 0 Å². The Morgan fingerprint density at radius 3 is 1.13 bits per heavy atom. The first kappa shape index (κ1) is 91.4. The van der Waals surface area contributed by atoms with Crippen LogP contribution >= 0.6 is 0 Å². The second-order valence-electron chi connectivity index (χ2n) is 31.0. The number of rotatable bonds is 10. The molecule has 0 radical (unpaired) electrons. The van der Waals surface area contributed by atoms with E-state index in [2.05, 4.69) is 61.1 Å². The maximum Gasteiger partial charge on any atom is 0.169 e. The van der Waals surface area contributed by atoms with Crippen molar-refractivity contribution in [3.63, 3.8) is 0 Å². The van der Waals surface area contributed by atoms with Gasteiger partial charge in [0, 0.05) is 86.3 Å². The van der Waals surface area contributed by atoms with Gasteiger partial charge in [-0.1, -0.05) is 132 Å². The van der Waals surface area contributed by atoms with Crippen molar-refractivity contribution in [1.29, 1.82) is 0 Å². The highest BCUT2D eigenvalue weighted by Crippen LogP contribution is 2.45. The molecule has 544 valence electrons. The molecular weight excluding hydrogens is 1120 g/mol. The number of hydrogen-bond donors (Lipinski definition) is 13. The fourth-order valence-electron chi connectivity index (χ4n) is 15.0. The van der Waals surface area contributed by atoms with Gasteiger partial charge in [0.15, 0.2) is 6.29 Å². The van der Waals surface area contributed by atoms with E-state index in [1.807, 2.05) is 27.7 Å². The van der Waals surface area contributed by atoms with Gasteiger partial charge in [0.05, 0.1) is 6.10 Å². The molecule has 0 aromatic heterocycles. The average molecular weight is 1290 g/mol. The largest absolute Gasteiger partial charge is 0.377 e. The van der Waals surface area contributed by atoms with Crippen LogP contribution in [0.2, 0.25) is 0 Å². The lowest BCUT2D eigenvalue weighted by molar-refractivity contribution is -0.128. The zero-order valence-corrected chi connectivity index (χ0v) is 62.2. The smallest absolute Gasteiger partial charge is 0.169 e. The molecule has 9 atom stereocenters. The molecule has 9 rings (SSSR count). The van der Waals surface area contributed by atoms with Gasteiger partial charge in [-0.15, -0.1) is 0 Å². The van der Waals surface area contributed by atoms with Crippen molar-refractivity contribution in [2.45, 2.75) is 386 Å². The number of ether oxygens (including phenoxy) is 3. The Kier molecular flexibility index (Phi) is 55.2. The molecule has 0 aromatic rings. The van der Waals surface area contributed by atoms with Gasteiger partial charge in [-0.2, -0.15) is 0 Å². The van der Waals surface area contributed by atoms with Gasteiger partial charge in [0.2, 0.25) is 0 Å². The molecule has 90 heavy (non-hydrogen) atoms. The van der Waals surface area contributed by atoms with Crippen LogP contribution in [0.25, 0.3) is 0 Å². The lowest BCUT2D eigenvalue weighted by atomic mass is 9.63. The fraction of sp³-hybridized carbons (Fsp3) is 1.00. The monoisotopic (exact) mass is 1280 g/mol. The van der Waals surface area contributed by atoms with E-state index in [9.17, 15) is 0 Å². The zero-order valence-electron chi connectivity index (χ0n) is 62.2. The molecular formula is C74H165N13O3. The molecule has 0 bridgehead atoms. The van der Waals surface area contributed by atoms with Crippen LogP contribution in [0.5, 0.6) is 0 Å². The normalized spacial score (nSPS) is 31.4. The molecule has 0 aromatic carbocycles. The van der Waals surface area contributed by atoms with E-state index in [4.69, 9.17) is 83.0 Å². The molecule has 26 N–H and O–H groups in total. The molecule has 16 nitrogen and oxygen atoms in total. The van der Waals surface area contributed by atoms with Gasteiger partial charge in [-0.25, -0.2) is 0 Å². The first-order chi connectivity index (χ1) is 42.6. The molecule has 1 saturated heterocycles. The third-order valence-electron chi connectivity index (χ3n) is 20.5. The van der Waals surface area contributed by atoms with Crippen molar-refractivity contribution in [2.24, 2.45) is 115 Å². The Balaban J connectivity index is 0. The van der Waals surface area contributed by atoms with Crippen molar-refractivity contribution in [3.8, 4) is 0 Å². The summed E-state index contributed by atoms with van der Waals surface area (Å²) in [5.41, 5.74) is 74.5. The molecule has 9 aliphatic rings. The van der Waals surface area contributed by atoms with Crippen LogP contribution in [0, 0.1) is 40.4 Å². The predicted molar refractivity (Wildman–Crippen MR) is 394 cm³/mol. The Labute approximate surface area is 559 Å². The van der Waals surface area contributed by atoms with E-state index >= 15 is 0 Å². The van der Waals surface area contributed by atoms with Crippen molar-refractivity contribution in [3.05, 3.63) is 0 Å². The topological polar surface area (TPSA) is 366 Å². The molecule has 1 heterocycles. The third-order valence-corrected chi connectivity index (χ3v) is 20.5. The first-order valence-corrected chi connectivity index (χ1v) is 38.0. The van der Waals surface area contributed by atoms with E-state index < -0.39 is 0 Å². The van der Waals surface area contributed by atoms with E-state index in [0.29, 0.717) is 86.0 Å². The highest BCUT2D eigenvalue weighted by atomic mass is 16.7. The van der Waals surface area contributed by atoms with Crippen molar-refractivity contribution < 1.29 is 14.2 Å². The van der Waals surface area contributed by atoms with Gasteiger partial charge < -0.3 is 88.7 Å². The first-order valence-electron chi connectivity index (χ1n) is 38.0. The molecule has 0 spiro atoms. The summed E-state index contributed by atoms with van der Waals surface area (Å²) >= 11 is 0.